The average Bonchev–Trinajstić information content (AvgIpc) is 2.87. The van der Waals surface area contributed by atoms with Gasteiger partial charge in [-0.2, -0.15) is 13.2 Å². The van der Waals surface area contributed by atoms with Gasteiger partial charge >= 0.3 is 6.18 Å². The van der Waals surface area contributed by atoms with Gasteiger partial charge in [0.15, 0.2) is 0 Å². The molecule has 0 aliphatic rings. The van der Waals surface area contributed by atoms with Gasteiger partial charge in [-0.05, 0) is 40.5 Å². The minimum atomic E-state index is -4.44. The highest BCUT2D eigenvalue weighted by molar-refractivity contribution is 5.62. The molecule has 0 atom stereocenters. The van der Waals surface area contributed by atoms with E-state index < -0.39 is 17.3 Å². The number of benzene rings is 1. The first-order chi connectivity index (χ1) is 10.3. The van der Waals surface area contributed by atoms with Crippen molar-refractivity contribution in [1.29, 1.82) is 0 Å². The number of aryl methyl sites for hydroxylation is 1. The summed E-state index contributed by atoms with van der Waals surface area (Å²) in [6.07, 6.45) is -4.49. The van der Waals surface area contributed by atoms with Crippen molar-refractivity contribution in [1.82, 2.24) is 20.3 Å². The molecule has 0 radical (unpaired) electrons. The highest BCUT2D eigenvalue weighted by Crippen LogP contribution is 2.30. The molecular weight excluding hydrogens is 301 g/mol. The average molecular weight is 310 g/mol. The van der Waals surface area contributed by atoms with Crippen LogP contribution < -0.4 is 5.56 Å². The lowest BCUT2D eigenvalue weighted by Crippen LogP contribution is -2.16. The Hall–Kier alpha value is -2.71. The standard InChI is InChI=1S/C13H9F3N4O2/c1-6-2-3-8(13(14,15)16)4-7(6)5-9-12(21)18-11-10(17-9)19-22-20-11/h2-4H,5H2,1H3,(H,18,20,21). The largest absolute Gasteiger partial charge is 0.416 e. The van der Waals surface area contributed by atoms with E-state index in [4.69, 9.17) is 0 Å². The zero-order chi connectivity index (χ0) is 15.9. The van der Waals surface area contributed by atoms with Crippen LogP contribution in [0.4, 0.5) is 13.2 Å². The Bertz CT molecular complexity index is 898. The number of nitrogens with zero attached hydrogens (tertiary/aromatic N) is 3. The van der Waals surface area contributed by atoms with Gasteiger partial charge in [0.05, 0.1) is 5.56 Å². The molecule has 0 fully saturated rings. The van der Waals surface area contributed by atoms with Crippen LogP contribution in [-0.4, -0.2) is 20.3 Å². The highest BCUT2D eigenvalue weighted by Gasteiger charge is 2.30. The summed E-state index contributed by atoms with van der Waals surface area (Å²) in [5, 5.41) is 6.93. The zero-order valence-corrected chi connectivity index (χ0v) is 11.2. The van der Waals surface area contributed by atoms with E-state index in [1.54, 1.807) is 6.92 Å². The number of fused-ring (bicyclic) bond motifs is 1. The summed E-state index contributed by atoms with van der Waals surface area (Å²) in [6, 6.07) is 3.38. The van der Waals surface area contributed by atoms with Gasteiger partial charge in [-0.15, -0.1) is 0 Å². The van der Waals surface area contributed by atoms with Gasteiger partial charge in [-0.25, -0.2) is 9.61 Å². The van der Waals surface area contributed by atoms with Crippen molar-refractivity contribution in [2.75, 3.05) is 0 Å². The molecule has 1 aromatic carbocycles. The second kappa shape index (κ2) is 4.93. The van der Waals surface area contributed by atoms with E-state index in [0.717, 1.165) is 12.1 Å². The number of hydrogen-bond donors (Lipinski definition) is 1. The van der Waals surface area contributed by atoms with E-state index in [-0.39, 0.29) is 23.4 Å². The second-order valence-corrected chi connectivity index (χ2v) is 4.76. The van der Waals surface area contributed by atoms with Crippen LogP contribution in [0.1, 0.15) is 22.4 Å². The molecule has 0 aliphatic carbocycles. The van der Waals surface area contributed by atoms with Crippen LogP contribution in [0.15, 0.2) is 27.6 Å². The quantitative estimate of drug-likeness (QED) is 0.784. The molecule has 0 spiro atoms. The van der Waals surface area contributed by atoms with Crippen LogP contribution >= 0.6 is 0 Å². The van der Waals surface area contributed by atoms with Crippen molar-refractivity contribution in [3.8, 4) is 0 Å². The molecule has 2 aromatic heterocycles. The van der Waals surface area contributed by atoms with Gasteiger partial charge in [-0.1, -0.05) is 6.07 Å². The summed E-state index contributed by atoms with van der Waals surface area (Å²) in [5.74, 6) is 0. The molecule has 0 saturated heterocycles. The maximum atomic E-state index is 12.8. The van der Waals surface area contributed by atoms with Crippen LogP contribution in [-0.2, 0) is 12.6 Å². The predicted molar refractivity (Wildman–Crippen MR) is 69.2 cm³/mol. The molecule has 114 valence electrons. The minimum absolute atomic E-state index is 0.0469. The van der Waals surface area contributed by atoms with Crippen molar-refractivity contribution in [3.63, 3.8) is 0 Å². The molecule has 2 heterocycles. The van der Waals surface area contributed by atoms with E-state index in [9.17, 15) is 18.0 Å². The summed E-state index contributed by atoms with van der Waals surface area (Å²) in [4.78, 5) is 18.3. The third kappa shape index (κ3) is 2.57. The fraction of sp³-hybridized carbons (Fsp3) is 0.231. The summed E-state index contributed by atoms with van der Waals surface area (Å²) < 4.78 is 42.7. The monoisotopic (exact) mass is 310 g/mol. The number of H-pyrrole nitrogens is 1. The fourth-order valence-corrected chi connectivity index (χ4v) is 2.03. The molecule has 0 unspecified atom stereocenters. The van der Waals surface area contributed by atoms with Crippen LogP contribution in [0.5, 0.6) is 0 Å². The molecular formula is C13H9F3N4O2. The number of halogens is 3. The fourth-order valence-electron chi connectivity index (χ4n) is 2.03. The van der Waals surface area contributed by atoms with Crippen LogP contribution in [0.2, 0.25) is 0 Å². The molecule has 0 saturated carbocycles. The molecule has 6 nitrogen and oxygen atoms in total. The zero-order valence-electron chi connectivity index (χ0n) is 11.2. The van der Waals surface area contributed by atoms with Gasteiger partial charge < -0.3 is 0 Å². The number of hydrogen-bond acceptors (Lipinski definition) is 5. The molecule has 1 N–H and O–H groups in total. The van der Waals surface area contributed by atoms with Crippen LogP contribution in [0.25, 0.3) is 11.3 Å². The highest BCUT2D eigenvalue weighted by atomic mass is 19.4. The van der Waals surface area contributed by atoms with Gasteiger partial charge in [0, 0.05) is 6.42 Å². The normalized spacial score (nSPS) is 12.0. The first kappa shape index (κ1) is 14.2. The topological polar surface area (TPSA) is 84.7 Å². The van der Waals surface area contributed by atoms with Crippen molar-refractivity contribution in [2.24, 2.45) is 0 Å². The number of rotatable bonds is 2. The Balaban J connectivity index is 2.04. The van der Waals surface area contributed by atoms with Crippen molar-refractivity contribution in [3.05, 3.63) is 50.9 Å². The lowest BCUT2D eigenvalue weighted by Gasteiger charge is -2.11. The smallest absolute Gasteiger partial charge is 0.299 e. The minimum Gasteiger partial charge on any atom is -0.299 e. The number of nitrogens with one attached hydrogen (secondary N) is 1. The van der Waals surface area contributed by atoms with E-state index in [1.807, 2.05) is 0 Å². The maximum Gasteiger partial charge on any atom is 0.416 e. The molecule has 0 bridgehead atoms. The summed E-state index contributed by atoms with van der Waals surface area (Å²) >= 11 is 0. The Kier molecular flexibility index (Phi) is 3.19. The molecule has 3 aromatic rings. The first-order valence-corrected chi connectivity index (χ1v) is 6.23. The summed E-state index contributed by atoms with van der Waals surface area (Å²) in [5.41, 5.74) is -0.0794. The molecule has 0 amide bonds. The Morgan fingerprint density at radius 3 is 2.77 bits per heavy atom. The number of alkyl halides is 3. The third-order valence-electron chi connectivity index (χ3n) is 3.24. The lowest BCUT2D eigenvalue weighted by molar-refractivity contribution is -0.137. The Morgan fingerprint density at radius 1 is 1.27 bits per heavy atom. The van der Waals surface area contributed by atoms with Crippen LogP contribution in [0.3, 0.4) is 0 Å². The van der Waals surface area contributed by atoms with Gasteiger partial charge in [0.2, 0.25) is 11.3 Å². The Labute approximate surface area is 120 Å². The van der Waals surface area contributed by atoms with E-state index in [0.29, 0.717) is 11.1 Å². The molecule has 0 aliphatic heterocycles. The number of aromatic amines is 1. The molecule has 9 heteroatoms. The van der Waals surface area contributed by atoms with E-state index in [2.05, 4.69) is 24.9 Å². The summed E-state index contributed by atoms with van der Waals surface area (Å²) in [6.45, 7) is 1.67. The van der Waals surface area contributed by atoms with E-state index >= 15 is 0 Å². The predicted octanol–water partition coefficient (Wildman–Crippen LogP) is 2.22. The Morgan fingerprint density at radius 2 is 2.05 bits per heavy atom. The molecule has 22 heavy (non-hydrogen) atoms. The molecule has 3 rings (SSSR count). The third-order valence-corrected chi connectivity index (χ3v) is 3.24. The van der Waals surface area contributed by atoms with Gasteiger partial charge in [-0.3, -0.25) is 9.78 Å². The van der Waals surface area contributed by atoms with Crippen molar-refractivity contribution in [2.45, 2.75) is 19.5 Å². The van der Waals surface area contributed by atoms with Crippen molar-refractivity contribution >= 4 is 11.3 Å². The van der Waals surface area contributed by atoms with Gasteiger partial charge in [0.1, 0.15) is 5.69 Å². The van der Waals surface area contributed by atoms with Crippen LogP contribution in [0, 0.1) is 6.92 Å². The first-order valence-electron chi connectivity index (χ1n) is 6.23. The van der Waals surface area contributed by atoms with Gasteiger partial charge in [0.25, 0.3) is 5.56 Å². The maximum absolute atomic E-state index is 12.8. The lowest BCUT2D eigenvalue weighted by atomic mass is 10.0. The number of aromatic nitrogens is 4. The van der Waals surface area contributed by atoms with E-state index in [1.165, 1.54) is 6.07 Å². The second-order valence-electron chi connectivity index (χ2n) is 4.76. The summed E-state index contributed by atoms with van der Waals surface area (Å²) in [7, 11) is 0. The van der Waals surface area contributed by atoms with Crippen molar-refractivity contribution < 1.29 is 17.8 Å². The SMILES string of the molecule is Cc1ccc(C(F)(F)F)cc1Cc1nc2nonc2[nH]c1=O.